The number of rotatable bonds is 5. The molecule has 0 aliphatic heterocycles. The van der Waals surface area contributed by atoms with Crippen molar-refractivity contribution in [2.75, 3.05) is 4.72 Å². The third kappa shape index (κ3) is 4.80. The van der Waals surface area contributed by atoms with Crippen molar-refractivity contribution in [2.24, 2.45) is 0 Å². The minimum absolute atomic E-state index is 0.0619. The van der Waals surface area contributed by atoms with Crippen molar-refractivity contribution in [3.63, 3.8) is 0 Å². The molecule has 0 unspecified atom stereocenters. The summed E-state index contributed by atoms with van der Waals surface area (Å²) >= 11 is 5.68. The maximum atomic E-state index is 12.0. The van der Waals surface area contributed by atoms with Gasteiger partial charge in [-0.15, -0.1) is 0 Å². The van der Waals surface area contributed by atoms with Crippen molar-refractivity contribution in [2.45, 2.75) is 6.92 Å². The molecule has 0 bridgehead atoms. The Hall–Kier alpha value is -2.38. The summed E-state index contributed by atoms with van der Waals surface area (Å²) in [6.07, 6.45) is 1.44. The Morgan fingerprint density at radius 3 is 2.43 bits per heavy atom. The fraction of sp³-hybridized carbons (Fsp3) is 0.0667. The third-order valence-electron chi connectivity index (χ3n) is 2.92. The van der Waals surface area contributed by atoms with Gasteiger partial charge in [-0.1, -0.05) is 41.4 Å². The van der Waals surface area contributed by atoms with Gasteiger partial charge in [-0.05, 0) is 30.7 Å². The molecule has 0 aromatic heterocycles. The summed E-state index contributed by atoms with van der Waals surface area (Å²) in [4.78, 5) is 10.1. The Morgan fingerprint density at radius 2 is 1.83 bits per heavy atom. The molecule has 1 N–H and O–H groups in total. The minimum Gasteiger partial charge on any atom is -0.280 e. The molecule has 120 valence electrons. The normalized spacial score (nSPS) is 11.6. The van der Waals surface area contributed by atoms with E-state index in [2.05, 4.69) is 4.72 Å². The molecular formula is C15H13ClN2O4S. The standard InChI is InChI=1S/C15H13ClN2O4S/c1-11-2-4-12(5-3-11)8-9-23(21,22)17-13-6-7-14(16)15(10-13)18(19)20/h2-10,17H,1H3/b9-8+. The summed E-state index contributed by atoms with van der Waals surface area (Å²) in [5.41, 5.74) is 1.49. The van der Waals surface area contributed by atoms with Gasteiger partial charge in [-0.2, -0.15) is 0 Å². The van der Waals surface area contributed by atoms with Gasteiger partial charge in [0.25, 0.3) is 15.7 Å². The number of halogens is 1. The third-order valence-corrected chi connectivity index (χ3v) is 4.25. The largest absolute Gasteiger partial charge is 0.289 e. The predicted octanol–water partition coefficient (Wildman–Crippen LogP) is 3.97. The SMILES string of the molecule is Cc1ccc(/C=C/S(=O)(=O)Nc2ccc(Cl)c([N+](=O)[O-])c2)cc1. The zero-order chi connectivity index (χ0) is 17.0. The van der Waals surface area contributed by atoms with Gasteiger partial charge < -0.3 is 0 Å². The second-order valence-electron chi connectivity index (χ2n) is 4.78. The van der Waals surface area contributed by atoms with Gasteiger partial charge in [-0.25, -0.2) is 8.42 Å². The number of nitro benzene ring substituents is 1. The molecule has 2 aromatic carbocycles. The number of nitro groups is 1. The first-order chi connectivity index (χ1) is 10.8. The van der Waals surface area contributed by atoms with Crippen LogP contribution < -0.4 is 4.72 Å². The summed E-state index contributed by atoms with van der Waals surface area (Å²) in [6, 6.07) is 11.0. The number of hydrogen-bond acceptors (Lipinski definition) is 4. The molecule has 0 saturated heterocycles. The van der Waals surface area contributed by atoms with Crippen molar-refractivity contribution >= 4 is 39.1 Å². The van der Waals surface area contributed by atoms with Crippen LogP contribution in [0.4, 0.5) is 11.4 Å². The number of hydrogen-bond donors (Lipinski definition) is 1. The first-order valence-electron chi connectivity index (χ1n) is 6.48. The number of anilines is 1. The molecule has 0 atom stereocenters. The lowest BCUT2D eigenvalue weighted by molar-refractivity contribution is -0.384. The fourth-order valence-electron chi connectivity index (χ4n) is 1.76. The Labute approximate surface area is 138 Å². The molecule has 6 nitrogen and oxygen atoms in total. The van der Waals surface area contributed by atoms with Gasteiger partial charge in [0.2, 0.25) is 0 Å². The second-order valence-corrected chi connectivity index (χ2v) is 6.76. The van der Waals surface area contributed by atoms with Gasteiger partial charge in [0.05, 0.1) is 16.0 Å². The smallest absolute Gasteiger partial charge is 0.280 e. The Balaban J connectivity index is 2.19. The van der Waals surface area contributed by atoms with Gasteiger partial charge in [-0.3, -0.25) is 14.8 Å². The van der Waals surface area contributed by atoms with E-state index in [1.165, 1.54) is 18.2 Å². The van der Waals surface area contributed by atoms with Crippen molar-refractivity contribution in [3.8, 4) is 0 Å². The molecule has 0 spiro atoms. The second kappa shape index (κ2) is 6.80. The van der Waals surface area contributed by atoms with E-state index in [0.29, 0.717) is 0 Å². The van der Waals surface area contributed by atoms with Crippen LogP contribution in [0, 0.1) is 17.0 Å². The molecule has 0 saturated carbocycles. The lowest BCUT2D eigenvalue weighted by Crippen LogP contribution is -2.09. The van der Waals surface area contributed by atoms with E-state index in [1.807, 2.05) is 19.1 Å². The Morgan fingerprint density at radius 1 is 1.17 bits per heavy atom. The van der Waals surface area contributed by atoms with Crippen LogP contribution in [0.15, 0.2) is 47.9 Å². The maximum absolute atomic E-state index is 12.0. The first kappa shape index (κ1) is 17.0. The average molecular weight is 353 g/mol. The quantitative estimate of drug-likeness (QED) is 0.651. The van der Waals surface area contributed by atoms with Gasteiger partial charge in [0.1, 0.15) is 5.02 Å². The maximum Gasteiger partial charge on any atom is 0.289 e. The molecule has 0 aliphatic rings. The lowest BCUT2D eigenvalue weighted by atomic mass is 10.2. The number of nitrogens with one attached hydrogen (secondary N) is 1. The van der Waals surface area contributed by atoms with Crippen LogP contribution in [0.3, 0.4) is 0 Å². The molecule has 0 heterocycles. The number of aryl methyl sites for hydroxylation is 1. The summed E-state index contributed by atoms with van der Waals surface area (Å²) in [5.74, 6) is 0. The summed E-state index contributed by atoms with van der Waals surface area (Å²) < 4.78 is 26.3. The van der Waals surface area contributed by atoms with E-state index in [9.17, 15) is 18.5 Å². The molecule has 0 aliphatic carbocycles. The molecule has 23 heavy (non-hydrogen) atoms. The topological polar surface area (TPSA) is 89.3 Å². The van der Waals surface area contributed by atoms with Gasteiger partial charge >= 0.3 is 0 Å². The van der Waals surface area contributed by atoms with Crippen molar-refractivity contribution in [1.82, 2.24) is 0 Å². The fourth-order valence-corrected chi connectivity index (χ4v) is 2.81. The van der Waals surface area contributed by atoms with Crippen molar-refractivity contribution < 1.29 is 13.3 Å². The number of sulfonamides is 1. The van der Waals surface area contributed by atoms with Crippen LogP contribution in [0.25, 0.3) is 6.08 Å². The summed E-state index contributed by atoms with van der Waals surface area (Å²) in [6.45, 7) is 1.93. The van der Waals surface area contributed by atoms with E-state index in [0.717, 1.165) is 22.6 Å². The van der Waals surface area contributed by atoms with Gasteiger partial charge in [0, 0.05) is 6.07 Å². The van der Waals surface area contributed by atoms with Crippen LogP contribution in [0.5, 0.6) is 0 Å². The summed E-state index contributed by atoms with van der Waals surface area (Å²) in [7, 11) is -3.79. The Bertz CT molecular complexity index is 862. The highest BCUT2D eigenvalue weighted by atomic mass is 35.5. The first-order valence-corrected chi connectivity index (χ1v) is 8.41. The highest BCUT2D eigenvalue weighted by Crippen LogP contribution is 2.27. The molecule has 0 radical (unpaired) electrons. The number of nitrogens with zero attached hydrogens (tertiary/aromatic N) is 1. The molecular weight excluding hydrogens is 340 g/mol. The average Bonchev–Trinajstić information content (AvgIpc) is 2.48. The van der Waals surface area contributed by atoms with E-state index >= 15 is 0 Å². The van der Waals surface area contributed by atoms with Crippen molar-refractivity contribution in [1.29, 1.82) is 0 Å². The monoisotopic (exact) mass is 352 g/mol. The van der Waals surface area contributed by atoms with Crippen LogP contribution in [-0.4, -0.2) is 13.3 Å². The van der Waals surface area contributed by atoms with E-state index in [-0.39, 0.29) is 16.4 Å². The molecule has 8 heteroatoms. The highest BCUT2D eigenvalue weighted by Gasteiger charge is 2.14. The van der Waals surface area contributed by atoms with Crippen LogP contribution >= 0.6 is 11.6 Å². The zero-order valence-corrected chi connectivity index (χ0v) is 13.6. The van der Waals surface area contributed by atoms with E-state index in [4.69, 9.17) is 11.6 Å². The van der Waals surface area contributed by atoms with Gasteiger partial charge in [0.15, 0.2) is 0 Å². The molecule has 0 fully saturated rings. The predicted molar refractivity (Wildman–Crippen MR) is 90.9 cm³/mol. The lowest BCUT2D eigenvalue weighted by Gasteiger charge is -2.05. The molecule has 2 aromatic rings. The zero-order valence-electron chi connectivity index (χ0n) is 12.1. The Kier molecular flexibility index (Phi) is 5.02. The minimum atomic E-state index is -3.79. The highest BCUT2D eigenvalue weighted by molar-refractivity contribution is 7.95. The summed E-state index contributed by atoms with van der Waals surface area (Å²) in [5, 5.41) is 11.7. The van der Waals surface area contributed by atoms with E-state index < -0.39 is 14.9 Å². The van der Waals surface area contributed by atoms with E-state index in [1.54, 1.807) is 12.1 Å². The number of benzene rings is 2. The molecule has 2 rings (SSSR count). The van der Waals surface area contributed by atoms with Crippen LogP contribution in [-0.2, 0) is 10.0 Å². The van der Waals surface area contributed by atoms with Crippen molar-refractivity contribution in [3.05, 3.63) is 74.1 Å². The molecule has 0 amide bonds. The van der Waals surface area contributed by atoms with Crippen LogP contribution in [0.2, 0.25) is 5.02 Å². The van der Waals surface area contributed by atoms with Crippen LogP contribution in [0.1, 0.15) is 11.1 Å².